The van der Waals surface area contributed by atoms with Gasteiger partial charge in [0, 0.05) is 0 Å². The first kappa shape index (κ1) is 21.8. The van der Waals surface area contributed by atoms with Crippen LogP contribution in [0.2, 0.25) is 5.02 Å². The van der Waals surface area contributed by atoms with Crippen molar-refractivity contribution in [1.82, 2.24) is 20.6 Å². The van der Waals surface area contributed by atoms with Gasteiger partial charge in [-0.3, -0.25) is 0 Å². The van der Waals surface area contributed by atoms with Gasteiger partial charge in [-0.05, 0) is 0 Å². The van der Waals surface area contributed by atoms with E-state index in [0.29, 0.717) is 28.8 Å². The first-order valence-corrected chi connectivity index (χ1v) is 13.1. The summed E-state index contributed by atoms with van der Waals surface area (Å²) in [5.41, 5.74) is 4.07. The number of halogens is 1. The zero-order chi connectivity index (χ0) is 22.0. The molecule has 7 nitrogen and oxygen atoms in total. The number of carbonyl (C=O) groups excluding carboxylic acids is 2. The van der Waals surface area contributed by atoms with Crippen molar-refractivity contribution < 1.29 is 9.59 Å². The van der Waals surface area contributed by atoms with Gasteiger partial charge in [-0.2, -0.15) is 0 Å². The van der Waals surface area contributed by atoms with Crippen LogP contribution in [-0.4, -0.2) is 51.1 Å². The Bertz CT molecular complexity index is 1170. The summed E-state index contributed by atoms with van der Waals surface area (Å²) in [7, 11) is 1.63. The maximum atomic E-state index is 12.2. The molecule has 0 radical (unpaired) electrons. The van der Waals surface area contributed by atoms with Crippen molar-refractivity contribution in [2.45, 2.75) is 19.8 Å². The second-order valence-corrected chi connectivity index (χ2v) is 11.0. The number of hydrogen-bond donors (Lipinski definition) is 3. The number of carbonyl (C=O) groups is 2. The van der Waals surface area contributed by atoms with E-state index >= 15 is 0 Å². The number of anilines is 2. The number of thiophene rings is 1. The van der Waals surface area contributed by atoms with Gasteiger partial charge in [0.05, 0.1) is 0 Å². The molecule has 1 aliphatic rings. The molecule has 0 bridgehead atoms. The van der Waals surface area contributed by atoms with Crippen LogP contribution in [0.5, 0.6) is 0 Å². The van der Waals surface area contributed by atoms with E-state index < -0.39 is 15.8 Å². The Morgan fingerprint density at radius 1 is 1.32 bits per heavy atom. The molecule has 0 saturated carbocycles. The van der Waals surface area contributed by atoms with E-state index in [0.717, 1.165) is 32.1 Å². The summed E-state index contributed by atoms with van der Waals surface area (Å²) in [5.74, 6) is 0.384. The second kappa shape index (κ2) is 9.38. The van der Waals surface area contributed by atoms with Gasteiger partial charge >= 0.3 is 196 Å². The van der Waals surface area contributed by atoms with Crippen molar-refractivity contribution in [1.29, 1.82) is 0 Å². The number of amides is 2. The van der Waals surface area contributed by atoms with Gasteiger partial charge in [0.25, 0.3) is 0 Å². The minimum atomic E-state index is -0.940. The number of hydrogen-bond acceptors (Lipinski definition) is 6. The monoisotopic (exact) mass is 517 g/mol. The fourth-order valence-electron chi connectivity index (χ4n) is 3.33. The van der Waals surface area contributed by atoms with E-state index in [9.17, 15) is 9.59 Å². The van der Waals surface area contributed by atoms with Gasteiger partial charge in [0.1, 0.15) is 0 Å². The number of nitrogens with zero attached hydrogens (tertiary/aromatic N) is 2. The molecule has 0 fully saturated rings. The van der Waals surface area contributed by atoms with Gasteiger partial charge in [0.2, 0.25) is 0 Å². The third kappa shape index (κ3) is 4.92. The normalized spacial score (nSPS) is 13.6. The van der Waals surface area contributed by atoms with Crippen LogP contribution in [0.4, 0.5) is 11.6 Å². The van der Waals surface area contributed by atoms with Crippen LogP contribution in [0.1, 0.15) is 26.4 Å². The Morgan fingerprint density at radius 3 is 2.97 bits per heavy atom. The summed E-state index contributed by atoms with van der Waals surface area (Å²) in [6.45, 7) is 2.66. The molecule has 3 aromatic rings. The number of fused-ring (bicyclic) bond motifs is 1. The molecule has 4 rings (SSSR count). The molecule has 2 amide bonds. The van der Waals surface area contributed by atoms with Crippen molar-refractivity contribution in [2.24, 2.45) is 0 Å². The maximum absolute atomic E-state index is 12.2. The van der Waals surface area contributed by atoms with Gasteiger partial charge in [-0.15, -0.1) is 0 Å². The van der Waals surface area contributed by atoms with Gasteiger partial charge in [-0.25, -0.2) is 0 Å². The molecular formula is C21H21AsClN5O2S. The van der Waals surface area contributed by atoms with Crippen molar-refractivity contribution in [3.63, 3.8) is 0 Å². The number of nitrogens with one attached hydrogen (secondary N) is 3. The first-order valence-electron chi connectivity index (χ1n) is 9.70. The van der Waals surface area contributed by atoms with Crippen LogP contribution in [0.25, 0.3) is 0 Å². The molecule has 2 aromatic heterocycles. The van der Waals surface area contributed by atoms with Crippen molar-refractivity contribution in [3.8, 4) is 0 Å². The van der Waals surface area contributed by atoms with Crippen molar-refractivity contribution in [2.75, 3.05) is 18.9 Å². The molecule has 0 saturated heterocycles. The SMILES string of the molecule is CNC(=O)c1scc(C)c1[AsH]c1nc(Nc2ccc3c(c2)CC(=O)NCC3)ncc1Cl. The second-order valence-electron chi connectivity index (χ2n) is 7.10. The first-order chi connectivity index (χ1) is 14.9. The summed E-state index contributed by atoms with van der Waals surface area (Å²) in [6.07, 6.45) is 2.78. The zero-order valence-electron chi connectivity index (χ0n) is 17.0. The van der Waals surface area contributed by atoms with Crippen LogP contribution in [0.15, 0.2) is 29.8 Å². The van der Waals surface area contributed by atoms with E-state index in [-0.39, 0.29) is 11.8 Å². The van der Waals surface area contributed by atoms with Crippen LogP contribution >= 0.6 is 22.9 Å². The molecular weight excluding hydrogens is 497 g/mol. The van der Waals surface area contributed by atoms with Gasteiger partial charge < -0.3 is 0 Å². The topological polar surface area (TPSA) is 96.0 Å². The number of aromatic nitrogens is 2. The fraction of sp³-hybridized carbons (Fsp3) is 0.238. The van der Waals surface area contributed by atoms with Gasteiger partial charge in [0.15, 0.2) is 0 Å². The molecule has 0 spiro atoms. The average Bonchev–Trinajstić information content (AvgIpc) is 3.00. The molecule has 0 aliphatic carbocycles. The Balaban J connectivity index is 1.59. The fourth-order valence-corrected chi connectivity index (χ4v) is 7.68. The molecule has 1 unspecified atom stereocenters. The standard InChI is InChI=1S/C21H21AsClN5O2S/c1-11-10-31-18(20(30)24-2)17(11)22-19-15(23)9-26-21(28-19)27-14-4-3-12-5-6-25-16(29)8-13(12)7-14/h3-4,7,9-10,22H,5-6,8H2,1-2H3,(H,24,30)(H,25,29)(H,26,27,28). The molecule has 10 heteroatoms. The van der Waals surface area contributed by atoms with E-state index in [1.54, 1.807) is 13.2 Å². The molecule has 160 valence electrons. The Kier molecular flexibility index (Phi) is 6.60. The van der Waals surface area contributed by atoms with E-state index in [2.05, 4.69) is 25.9 Å². The quantitative estimate of drug-likeness (QED) is 0.442. The molecule has 1 aliphatic heterocycles. The van der Waals surface area contributed by atoms with Crippen LogP contribution < -0.4 is 24.8 Å². The molecule has 31 heavy (non-hydrogen) atoms. The van der Waals surface area contributed by atoms with Crippen LogP contribution in [0, 0.1) is 6.92 Å². The van der Waals surface area contributed by atoms with E-state index in [4.69, 9.17) is 11.6 Å². The zero-order valence-corrected chi connectivity index (χ0v) is 20.7. The summed E-state index contributed by atoms with van der Waals surface area (Å²) in [5, 5.41) is 11.3. The molecule has 1 atom stereocenters. The van der Waals surface area contributed by atoms with Crippen molar-refractivity contribution >= 4 is 71.0 Å². The minimum absolute atomic E-state index is 0.0318. The Labute approximate surface area is 195 Å². The van der Waals surface area contributed by atoms with E-state index in [1.165, 1.54) is 16.9 Å². The average molecular weight is 518 g/mol. The summed E-state index contributed by atoms with van der Waals surface area (Å²) >= 11 is 6.90. The van der Waals surface area contributed by atoms with E-state index in [1.807, 2.05) is 30.5 Å². The Hall–Kier alpha value is -2.41. The molecule has 1 aromatic carbocycles. The summed E-state index contributed by atoms with van der Waals surface area (Å²) < 4.78 is 1.80. The number of rotatable bonds is 5. The third-order valence-corrected chi connectivity index (χ3v) is 10.2. The van der Waals surface area contributed by atoms with Crippen LogP contribution in [-0.2, 0) is 17.6 Å². The Morgan fingerprint density at radius 2 is 2.16 bits per heavy atom. The summed E-state index contributed by atoms with van der Waals surface area (Å²) in [4.78, 5) is 33.8. The molecule has 3 heterocycles. The predicted molar refractivity (Wildman–Crippen MR) is 126 cm³/mol. The summed E-state index contributed by atoms with van der Waals surface area (Å²) in [6, 6.07) is 5.98. The number of benzene rings is 1. The van der Waals surface area contributed by atoms with Crippen LogP contribution in [0.3, 0.4) is 0 Å². The third-order valence-electron chi connectivity index (χ3n) is 4.93. The van der Waals surface area contributed by atoms with Gasteiger partial charge in [-0.1, -0.05) is 0 Å². The predicted octanol–water partition coefficient (Wildman–Crippen LogP) is 1.21. The molecule has 3 N–H and O–H groups in total. The number of aryl methyl sites for hydroxylation is 1. The van der Waals surface area contributed by atoms with Crippen molar-refractivity contribution in [3.05, 3.63) is 56.4 Å².